The Labute approximate surface area is 107 Å². The smallest absolute Gasteiger partial charge is 0.159 e. The minimum Gasteiger partial charge on any atom is -0.359 e. The molecule has 1 N–H and O–H groups in total. The average Bonchev–Trinajstić information content (AvgIpc) is 2.31. The lowest BCUT2D eigenvalue weighted by Gasteiger charge is -2.05. The number of carbonyl (C=O) groups excluding carboxylic acids is 1. The summed E-state index contributed by atoms with van der Waals surface area (Å²) in [6, 6.07) is 8.52. The van der Waals surface area contributed by atoms with Crippen molar-refractivity contribution in [2.45, 2.75) is 6.92 Å². The van der Waals surface area contributed by atoms with Crippen LogP contribution >= 0.6 is 15.9 Å². The van der Waals surface area contributed by atoms with Gasteiger partial charge in [-0.3, -0.25) is 4.79 Å². The Morgan fingerprint density at radius 3 is 2.53 bits per heavy atom. The van der Waals surface area contributed by atoms with E-state index < -0.39 is 0 Å². The molecule has 17 heavy (non-hydrogen) atoms. The van der Waals surface area contributed by atoms with E-state index in [1.807, 2.05) is 0 Å². The summed E-state index contributed by atoms with van der Waals surface area (Å²) in [4.78, 5) is 11.1. The zero-order valence-electron chi connectivity index (χ0n) is 8.99. The van der Waals surface area contributed by atoms with E-state index in [2.05, 4.69) is 21.2 Å². The fraction of sp³-hybridized carbons (Fsp3) is 0.0833. The van der Waals surface area contributed by atoms with Crippen molar-refractivity contribution in [1.82, 2.24) is 0 Å². The van der Waals surface area contributed by atoms with Crippen LogP contribution in [0.15, 0.2) is 34.4 Å². The Hall–Kier alpha value is -2.11. The molecule has 84 valence electrons. The Balaban J connectivity index is 2.96. The number of Topliss-reactive ketones (excluding diaryl/α,β-unsaturated/α-hetero) is 1. The van der Waals surface area contributed by atoms with Crippen LogP contribution in [0.4, 0.5) is 5.69 Å². The van der Waals surface area contributed by atoms with Gasteiger partial charge in [0, 0.05) is 16.2 Å². The molecular formula is C12H8BrN3O. The standard InChI is InChI=1S/C12H8BrN3O/c1-8(17)10-2-3-12(11(13)4-10)16-7-9(5-14)6-15/h2-4,7,16H,1H3. The molecule has 1 aromatic carbocycles. The maximum absolute atomic E-state index is 11.1. The highest BCUT2D eigenvalue weighted by Gasteiger charge is 2.03. The van der Waals surface area contributed by atoms with E-state index in [0.717, 1.165) is 0 Å². The molecule has 5 heteroatoms. The van der Waals surface area contributed by atoms with E-state index in [4.69, 9.17) is 10.5 Å². The zero-order valence-corrected chi connectivity index (χ0v) is 10.6. The van der Waals surface area contributed by atoms with Gasteiger partial charge in [-0.05, 0) is 41.1 Å². The molecule has 1 rings (SSSR count). The van der Waals surface area contributed by atoms with Gasteiger partial charge < -0.3 is 5.32 Å². The first-order valence-corrected chi connectivity index (χ1v) is 5.45. The molecule has 0 atom stereocenters. The molecule has 0 aliphatic heterocycles. The minimum atomic E-state index is -0.0254. The fourth-order valence-corrected chi connectivity index (χ4v) is 1.58. The van der Waals surface area contributed by atoms with Gasteiger partial charge in [-0.15, -0.1) is 0 Å². The van der Waals surface area contributed by atoms with Crippen molar-refractivity contribution in [1.29, 1.82) is 10.5 Å². The lowest BCUT2D eigenvalue weighted by Crippen LogP contribution is -1.95. The van der Waals surface area contributed by atoms with E-state index in [-0.39, 0.29) is 11.4 Å². The third-order valence-corrected chi connectivity index (χ3v) is 2.64. The molecule has 1 aromatic rings. The number of rotatable bonds is 3. The van der Waals surface area contributed by atoms with Gasteiger partial charge in [-0.25, -0.2) is 0 Å². The van der Waals surface area contributed by atoms with Crippen molar-refractivity contribution in [3.8, 4) is 12.1 Å². The normalized spacial score (nSPS) is 8.71. The summed E-state index contributed by atoms with van der Waals surface area (Å²) in [6.45, 7) is 1.48. The van der Waals surface area contributed by atoms with E-state index in [1.165, 1.54) is 13.1 Å². The first kappa shape index (κ1) is 13.0. The molecule has 0 unspecified atom stereocenters. The van der Waals surface area contributed by atoms with Gasteiger partial charge in [-0.2, -0.15) is 10.5 Å². The topological polar surface area (TPSA) is 76.7 Å². The summed E-state index contributed by atoms with van der Waals surface area (Å²) in [5.74, 6) is -0.0254. The molecule has 0 saturated carbocycles. The summed E-state index contributed by atoms with van der Waals surface area (Å²) in [5.41, 5.74) is 1.25. The van der Waals surface area contributed by atoms with Crippen molar-refractivity contribution in [2.75, 3.05) is 5.32 Å². The van der Waals surface area contributed by atoms with Crippen LogP contribution in [-0.4, -0.2) is 5.78 Å². The molecule has 0 aromatic heterocycles. The number of nitrogens with one attached hydrogen (secondary N) is 1. The van der Waals surface area contributed by atoms with Gasteiger partial charge in [0.2, 0.25) is 0 Å². The Morgan fingerprint density at radius 2 is 2.06 bits per heavy atom. The van der Waals surface area contributed by atoms with E-state index >= 15 is 0 Å². The molecule has 4 nitrogen and oxygen atoms in total. The number of nitrogens with zero attached hydrogens (tertiary/aromatic N) is 2. The maximum atomic E-state index is 11.1. The van der Waals surface area contributed by atoms with Crippen LogP contribution in [0.25, 0.3) is 0 Å². The van der Waals surface area contributed by atoms with Crippen LogP contribution in [0.5, 0.6) is 0 Å². The van der Waals surface area contributed by atoms with Crippen molar-refractivity contribution >= 4 is 27.4 Å². The number of carbonyl (C=O) groups is 1. The number of allylic oxidation sites excluding steroid dienone is 1. The fourth-order valence-electron chi connectivity index (χ4n) is 1.09. The number of benzene rings is 1. The summed E-state index contributed by atoms with van der Waals surface area (Å²) in [5, 5.41) is 19.9. The van der Waals surface area contributed by atoms with E-state index in [1.54, 1.807) is 30.3 Å². The Kier molecular flexibility index (Phi) is 4.45. The number of halogens is 1. The van der Waals surface area contributed by atoms with E-state index in [0.29, 0.717) is 15.7 Å². The highest BCUT2D eigenvalue weighted by Crippen LogP contribution is 2.24. The lowest BCUT2D eigenvalue weighted by molar-refractivity contribution is 0.101. The van der Waals surface area contributed by atoms with Gasteiger partial charge >= 0.3 is 0 Å². The third kappa shape index (κ3) is 3.44. The third-order valence-electron chi connectivity index (χ3n) is 1.99. The first-order chi connectivity index (χ1) is 8.08. The predicted molar refractivity (Wildman–Crippen MR) is 67.1 cm³/mol. The van der Waals surface area contributed by atoms with Crippen molar-refractivity contribution in [3.63, 3.8) is 0 Å². The Morgan fingerprint density at radius 1 is 1.41 bits per heavy atom. The monoisotopic (exact) mass is 289 g/mol. The molecule has 0 fully saturated rings. The van der Waals surface area contributed by atoms with Gasteiger partial charge in [0.05, 0.1) is 5.69 Å². The molecule has 0 aliphatic carbocycles. The van der Waals surface area contributed by atoms with Gasteiger partial charge in [0.15, 0.2) is 5.78 Å². The summed E-state index contributed by atoms with van der Waals surface area (Å²) in [7, 11) is 0. The van der Waals surface area contributed by atoms with Crippen LogP contribution in [0.3, 0.4) is 0 Å². The largest absolute Gasteiger partial charge is 0.359 e. The quantitative estimate of drug-likeness (QED) is 0.685. The molecular weight excluding hydrogens is 282 g/mol. The van der Waals surface area contributed by atoms with Crippen molar-refractivity contribution in [3.05, 3.63) is 40.0 Å². The number of hydrogen-bond acceptors (Lipinski definition) is 4. The molecule has 0 amide bonds. The molecule has 0 saturated heterocycles. The number of anilines is 1. The van der Waals surface area contributed by atoms with Gasteiger partial charge in [-0.1, -0.05) is 0 Å². The second kappa shape index (κ2) is 5.83. The highest BCUT2D eigenvalue weighted by molar-refractivity contribution is 9.10. The second-order valence-electron chi connectivity index (χ2n) is 3.18. The maximum Gasteiger partial charge on any atom is 0.159 e. The average molecular weight is 290 g/mol. The molecule has 0 heterocycles. The van der Waals surface area contributed by atoms with Crippen molar-refractivity contribution < 1.29 is 4.79 Å². The van der Waals surface area contributed by atoms with Crippen LogP contribution in [0.2, 0.25) is 0 Å². The van der Waals surface area contributed by atoms with Crippen LogP contribution in [-0.2, 0) is 0 Å². The molecule has 0 bridgehead atoms. The van der Waals surface area contributed by atoms with Crippen LogP contribution < -0.4 is 5.32 Å². The molecule has 0 radical (unpaired) electrons. The van der Waals surface area contributed by atoms with Crippen molar-refractivity contribution in [2.24, 2.45) is 0 Å². The van der Waals surface area contributed by atoms with Crippen LogP contribution in [0.1, 0.15) is 17.3 Å². The number of nitriles is 2. The number of ketones is 1. The highest BCUT2D eigenvalue weighted by atomic mass is 79.9. The lowest BCUT2D eigenvalue weighted by atomic mass is 10.1. The first-order valence-electron chi connectivity index (χ1n) is 4.66. The summed E-state index contributed by atoms with van der Waals surface area (Å²) in [6.07, 6.45) is 1.31. The summed E-state index contributed by atoms with van der Waals surface area (Å²) < 4.78 is 0.691. The van der Waals surface area contributed by atoms with E-state index in [9.17, 15) is 4.79 Å². The Bertz CT molecular complexity index is 548. The molecule has 0 spiro atoms. The number of hydrogen-bond donors (Lipinski definition) is 1. The zero-order chi connectivity index (χ0) is 12.8. The summed E-state index contributed by atoms with van der Waals surface area (Å²) >= 11 is 3.30. The molecule has 0 aliphatic rings. The minimum absolute atomic E-state index is 0.0208. The predicted octanol–water partition coefficient (Wildman–Crippen LogP) is 2.99. The second-order valence-corrected chi connectivity index (χ2v) is 4.03. The van der Waals surface area contributed by atoms with Gasteiger partial charge in [0.25, 0.3) is 0 Å². The SMILES string of the molecule is CC(=O)c1ccc(NC=C(C#N)C#N)c(Br)c1. The van der Waals surface area contributed by atoms with Crippen LogP contribution in [0, 0.1) is 22.7 Å². The van der Waals surface area contributed by atoms with Gasteiger partial charge in [0.1, 0.15) is 17.7 Å².